The number of amides is 2. The van der Waals surface area contributed by atoms with Gasteiger partial charge in [-0.3, -0.25) is 19.4 Å². The number of hydrogen-bond donors (Lipinski definition) is 0. The highest BCUT2D eigenvalue weighted by Gasteiger charge is 2.43. The molecule has 2 amide bonds. The summed E-state index contributed by atoms with van der Waals surface area (Å²) >= 11 is 0. The maximum absolute atomic E-state index is 12.9. The van der Waals surface area contributed by atoms with Crippen molar-refractivity contribution in [3.05, 3.63) is 66.2 Å². The minimum Gasteiger partial charge on any atom is -0.289 e. The first-order chi connectivity index (χ1) is 14.5. The van der Waals surface area contributed by atoms with Crippen molar-refractivity contribution in [2.75, 3.05) is 32.7 Å². The van der Waals surface area contributed by atoms with Crippen LogP contribution in [0.2, 0.25) is 0 Å². The molecule has 8 heteroatoms. The van der Waals surface area contributed by atoms with Crippen LogP contribution in [0.5, 0.6) is 0 Å². The molecule has 1 atom stereocenters. The highest BCUT2D eigenvalue weighted by atomic mass is 32.2. The van der Waals surface area contributed by atoms with Crippen LogP contribution in [-0.2, 0) is 26.0 Å². The zero-order valence-electron chi connectivity index (χ0n) is 16.7. The van der Waals surface area contributed by atoms with Gasteiger partial charge in [0.2, 0.25) is 21.8 Å². The highest BCUT2D eigenvalue weighted by molar-refractivity contribution is 7.89. The summed E-state index contributed by atoms with van der Waals surface area (Å²) in [5.74, 6) is -0.324. The summed E-state index contributed by atoms with van der Waals surface area (Å²) in [6.07, 6.45) is 0.799. The Morgan fingerprint density at radius 3 is 2.07 bits per heavy atom. The second-order valence-corrected chi connectivity index (χ2v) is 9.53. The zero-order valence-corrected chi connectivity index (χ0v) is 17.5. The molecule has 2 aromatic rings. The molecule has 2 aliphatic rings. The Bertz CT molecular complexity index is 1000. The summed E-state index contributed by atoms with van der Waals surface area (Å²) < 4.78 is 27.0. The van der Waals surface area contributed by atoms with Crippen LogP contribution in [-0.4, -0.2) is 73.1 Å². The number of nitrogens with zero attached hydrogens (tertiary/aromatic N) is 3. The second kappa shape index (κ2) is 8.67. The molecule has 2 saturated heterocycles. The minimum atomic E-state index is -3.54. The maximum Gasteiger partial charge on any atom is 0.247 e. The molecule has 0 spiro atoms. The van der Waals surface area contributed by atoms with E-state index in [1.54, 1.807) is 30.3 Å². The summed E-state index contributed by atoms with van der Waals surface area (Å²) in [7, 11) is -3.54. The number of rotatable bonds is 6. The number of hydrogen-bond acceptors (Lipinski definition) is 5. The molecule has 0 aromatic heterocycles. The van der Waals surface area contributed by atoms with Gasteiger partial charge in [-0.05, 0) is 24.1 Å². The summed E-state index contributed by atoms with van der Waals surface area (Å²) in [6.45, 7) is 1.85. The molecule has 0 N–H and O–H groups in total. The van der Waals surface area contributed by atoms with Gasteiger partial charge in [0.1, 0.15) is 0 Å². The largest absolute Gasteiger partial charge is 0.289 e. The van der Waals surface area contributed by atoms with Gasteiger partial charge >= 0.3 is 0 Å². The van der Waals surface area contributed by atoms with E-state index >= 15 is 0 Å². The molecule has 4 rings (SSSR count). The normalized spacial score (nSPS) is 21.3. The van der Waals surface area contributed by atoms with E-state index in [9.17, 15) is 18.0 Å². The van der Waals surface area contributed by atoms with Crippen LogP contribution >= 0.6 is 0 Å². The topological polar surface area (TPSA) is 78.0 Å². The average Bonchev–Trinajstić information content (AvgIpc) is 3.07. The number of sulfonamides is 1. The molecule has 0 unspecified atom stereocenters. The Labute approximate surface area is 176 Å². The Balaban J connectivity index is 1.36. The predicted octanol–water partition coefficient (Wildman–Crippen LogP) is 1.36. The summed E-state index contributed by atoms with van der Waals surface area (Å²) in [5.41, 5.74) is 1.08. The third-order valence-corrected chi connectivity index (χ3v) is 7.69. The maximum atomic E-state index is 12.9. The van der Waals surface area contributed by atoms with E-state index in [2.05, 4.69) is 0 Å². The summed E-state index contributed by atoms with van der Waals surface area (Å²) in [5, 5.41) is 0. The van der Waals surface area contributed by atoms with E-state index in [-0.39, 0.29) is 23.1 Å². The lowest BCUT2D eigenvalue weighted by atomic mass is 10.1. The van der Waals surface area contributed by atoms with Gasteiger partial charge in [0.25, 0.3) is 0 Å². The Kier molecular flexibility index (Phi) is 5.99. The third kappa shape index (κ3) is 4.16. The number of carbonyl (C=O) groups is 2. The van der Waals surface area contributed by atoms with Crippen molar-refractivity contribution in [1.29, 1.82) is 0 Å². The van der Waals surface area contributed by atoms with Gasteiger partial charge in [-0.25, -0.2) is 8.42 Å². The molecule has 0 aliphatic carbocycles. The van der Waals surface area contributed by atoms with E-state index in [0.29, 0.717) is 39.1 Å². The summed E-state index contributed by atoms with van der Waals surface area (Å²) in [6, 6.07) is 17.7. The van der Waals surface area contributed by atoms with E-state index in [1.165, 1.54) is 9.21 Å². The van der Waals surface area contributed by atoms with E-state index in [1.807, 2.05) is 35.2 Å². The molecule has 2 heterocycles. The van der Waals surface area contributed by atoms with Crippen LogP contribution in [0.25, 0.3) is 0 Å². The number of benzene rings is 2. The average molecular weight is 428 g/mol. The van der Waals surface area contributed by atoms with Crippen LogP contribution in [0.1, 0.15) is 12.0 Å². The predicted molar refractivity (Wildman–Crippen MR) is 112 cm³/mol. The Morgan fingerprint density at radius 2 is 1.43 bits per heavy atom. The van der Waals surface area contributed by atoms with Crippen LogP contribution in [0.4, 0.5) is 0 Å². The van der Waals surface area contributed by atoms with Gasteiger partial charge in [-0.15, -0.1) is 0 Å². The Morgan fingerprint density at radius 1 is 0.833 bits per heavy atom. The third-order valence-electron chi connectivity index (χ3n) is 5.78. The zero-order chi connectivity index (χ0) is 21.1. The number of likely N-dealkylation sites (tertiary alicyclic amines) is 1. The number of piperazine rings is 1. The molecular formula is C22H25N3O4S. The quantitative estimate of drug-likeness (QED) is 0.651. The van der Waals surface area contributed by atoms with Crippen molar-refractivity contribution in [3.8, 4) is 0 Å². The van der Waals surface area contributed by atoms with Crippen molar-refractivity contribution in [2.24, 2.45) is 0 Å². The molecule has 0 saturated carbocycles. The number of carbonyl (C=O) groups excluding carboxylic acids is 2. The molecular weight excluding hydrogens is 402 g/mol. The van der Waals surface area contributed by atoms with Crippen molar-refractivity contribution in [1.82, 2.24) is 14.1 Å². The lowest BCUT2D eigenvalue weighted by Crippen LogP contribution is -2.53. The second-order valence-electron chi connectivity index (χ2n) is 7.59. The molecule has 7 nitrogen and oxygen atoms in total. The van der Waals surface area contributed by atoms with Crippen LogP contribution in [0.15, 0.2) is 65.6 Å². The van der Waals surface area contributed by atoms with Gasteiger partial charge in [0, 0.05) is 32.7 Å². The monoisotopic (exact) mass is 427 g/mol. The molecule has 0 radical (unpaired) electrons. The lowest BCUT2D eigenvalue weighted by molar-refractivity contribution is -0.139. The first kappa shape index (κ1) is 20.7. The van der Waals surface area contributed by atoms with E-state index in [0.717, 1.165) is 5.56 Å². The van der Waals surface area contributed by atoms with Gasteiger partial charge in [-0.2, -0.15) is 4.31 Å². The highest BCUT2D eigenvalue weighted by Crippen LogP contribution is 2.23. The fraction of sp³-hybridized carbons (Fsp3) is 0.364. The fourth-order valence-electron chi connectivity index (χ4n) is 4.07. The Hall–Kier alpha value is -2.55. The first-order valence-electron chi connectivity index (χ1n) is 10.1. The molecule has 2 fully saturated rings. The molecule has 30 heavy (non-hydrogen) atoms. The van der Waals surface area contributed by atoms with Crippen LogP contribution < -0.4 is 0 Å². The van der Waals surface area contributed by atoms with Crippen molar-refractivity contribution in [2.45, 2.75) is 23.8 Å². The van der Waals surface area contributed by atoms with Gasteiger partial charge in [-0.1, -0.05) is 48.5 Å². The van der Waals surface area contributed by atoms with Crippen LogP contribution in [0, 0.1) is 0 Å². The first-order valence-corrected chi connectivity index (χ1v) is 11.6. The summed E-state index contributed by atoms with van der Waals surface area (Å²) in [4.78, 5) is 28.9. The fourth-order valence-corrected chi connectivity index (χ4v) is 5.51. The van der Waals surface area contributed by atoms with Gasteiger partial charge in [0.15, 0.2) is 0 Å². The standard InChI is InChI=1S/C22H25N3O4S/c26-21-17-20(22(27)25(21)12-11-18-7-3-1-4-8-18)23-13-15-24(16-14-23)30(28,29)19-9-5-2-6-10-19/h1-10,20H,11-17H2/t20-/m0/s1. The lowest BCUT2D eigenvalue weighted by Gasteiger charge is -2.36. The molecule has 2 aliphatic heterocycles. The van der Waals surface area contributed by atoms with E-state index in [4.69, 9.17) is 0 Å². The van der Waals surface area contributed by atoms with E-state index < -0.39 is 16.1 Å². The SMILES string of the molecule is O=C1C[C@H](N2CCN(S(=O)(=O)c3ccccc3)CC2)C(=O)N1CCc1ccccc1. The van der Waals surface area contributed by atoms with Crippen molar-refractivity contribution < 1.29 is 18.0 Å². The molecule has 2 aromatic carbocycles. The van der Waals surface area contributed by atoms with Gasteiger partial charge in [0.05, 0.1) is 17.4 Å². The number of imide groups is 1. The smallest absolute Gasteiger partial charge is 0.247 e. The molecule has 158 valence electrons. The minimum absolute atomic E-state index is 0.153. The van der Waals surface area contributed by atoms with Crippen LogP contribution in [0.3, 0.4) is 0 Å². The van der Waals surface area contributed by atoms with Gasteiger partial charge < -0.3 is 0 Å². The van der Waals surface area contributed by atoms with Crippen molar-refractivity contribution >= 4 is 21.8 Å². The van der Waals surface area contributed by atoms with Crippen molar-refractivity contribution in [3.63, 3.8) is 0 Å². The molecule has 0 bridgehead atoms.